The molecule has 322 valence electrons. The van der Waals surface area contributed by atoms with Crippen molar-refractivity contribution in [3.05, 3.63) is 191 Å². The number of aromatic nitrogens is 2. The Morgan fingerprint density at radius 1 is 0.368 bits per heavy atom. The van der Waals surface area contributed by atoms with Crippen LogP contribution in [0, 0.1) is 56.7 Å². The highest BCUT2D eigenvalue weighted by atomic mass is 19.4. The topological polar surface area (TPSA) is 129 Å². The van der Waals surface area contributed by atoms with Crippen molar-refractivity contribution in [1.82, 2.24) is 9.13 Å². The summed E-state index contributed by atoms with van der Waals surface area (Å²) in [5.74, 6) is 0. The van der Waals surface area contributed by atoms with Crippen LogP contribution in [-0.2, 0) is 12.4 Å². The predicted molar refractivity (Wildman–Crippen MR) is 245 cm³/mol. The van der Waals surface area contributed by atoms with Gasteiger partial charge in [0.2, 0.25) is 0 Å². The number of halogens is 6. The summed E-state index contributed by atoms with van der Waals surface area (Å²) in [6.45, 7) is 0. The van der Waals surface area contributed by atoms with E-state index in [0.717, 1.165) is 0 Å². The first-order valence-electron chi connectivity index (χ1n) is 20.6. The fraction of sp³-hybridized carbons (Fsp3) is 0.0364. The van der Waals surface area contributed by atoms with Crippen molar-refractivity contribution in [2.75, 3.05) is 0 Å². The minimum atomic E-state index is -5.24. The first-order chi connectivity index (χ1) is 32.8. The summed E-state index contributed by atoms with van der Waals surface area (Å²) in [7, 11) is 0. The van der Waals surface area contributed by atoms with Gasteiger partial charge >= 0.3 is 12.4 Å². The van der Waals surface area contributed by atoms with Gasteiger partial charge in [0.15, 0.2) is 0 Å². The SMILES string of the molecule is N#Cc1ccc(-c2ccc3c(c2)c2ccccc2n3-c2cc(-c3c(C(F)(F)F)cccc3C(F)(F)F)cc(-n3c4ccccc4c4cc(-c5ccc(C#N)cc5C#N)ccc43)c2C#N)c(C#N)c1. The molecule has 0 radical (unpaired) electrons. The lowest BCUT2D eigenvalue weighted by atomic mass is 9.91. The van der Waals surface area contributed by atoms with E-state index in [0.29, 0.717) is 84.1 Å². The van der Waals surface area contributed by atoms with Gasteiger partial charge in [-0.05, 0) is 113 Å². The first-order valence-corrected chi connectivity index (χ1v) is 20.6. The number of hydrogen-bond donors (Lipinski definition) is 0. The molecular formula is C55H25F6N7. The van der Waals surface area contributed by atoms with E-state index in [-0.39, 0.29) is 39.2 Å². The maximum absolute atomic E-state index is 15.1. The number of nitriles is 5. The molecule has 68 heavy (non-hydrogen) atoms. The van der Waals surface area contributed by atoms with Crippen LogP contribution in [0.4, 0.5) is 26.3 Å². The van der Waals surface area contributed by atoms with Crippen molar-refractivity contribution in [2.24, 2.45) is 0 Å². The number of nitrogens with zero attached hydrogens (tertiary/aromatic N) is 7. The van der Waals surface area contributed by atoms with E-state index in [1.54, 1.807) is 106 Å². The molecule has 13 heteroatoms. The molecule has 0 aliphatic rings. The molecule has 8 aromatic carbocycles. The molecule has 0 saturated heterocycles. The maximum atomic E-state index is 15.1. The molecule has 10 aromatic rings. The minimum Gasteiger partial charge on any atom is -0.308 e. The second-order valence-electron chi connectivity index (χ2n) is 15.9. The smallest absolute Gasteiger partial charge is 0.308 e. The van der Waals surface area contributed by atoms with Crippen molar-refractivity contribution >= 4 is 43.6 Å². The number of fused-ring (bicyclic) bond motifs is 6. The maximum Gasteiger partial charge on any atom is 0.417 e. The Morgan fingerprint density at radius 3 is 1.19 bits per heavy atom. The molecule has 2 heterocycles. The molecule has 0 bridgehead atoms. The van der Waals surface area contributed by atoms with Crippen LogP contribution >= 0.6 is 0 Å². The van der Waals surface area contributed by atoms with Crippen molar-refractivity contribution < 1.29 is 26.3 Å². The number of alkyl halides is 6. The van der Waals surface area contributed by atoms with E-state index in [2.05, 4.69) is 18.2 Å². The Balaban J connectivity index is 1.34. The van der Waals surface area contributed by atoms with Gasteiger partial charge in [0.25, 0.3) is 0 Å². The predicted octanol–water partition coefficient (Wildman–Crippen LogP) is 14.3. The van der Waals surface area contributed by atoms with E-state index in [1.807, 2.05) is 24.3 Å². The average Bonchev–Trinajstić information content (AvgIpc) is 3.86. The first kappa shape index (κ1) is 42.3. The molecule has 0 aliphatic carbocycles. The fourth-order valence-electron chi connectivity index (χ4n) is 9.28. The van der Waals surface area contributed by atoms with Gasteiger partial charge < -0.3 is 9.13 Å². The van der Waals surface area contributed by atoms with E-state index in [4.69, 9.17) is 0 Å². The molecule has 0 aliphatic heterocycles. The molecule has 10 rings (SSSR count). The normalized spacial score (nSPS) is 11.6. The summed E-state index contributed by atoms with van der Waals surface area (Å²) < 4.78 is 93.7. The number of hydrogen-bond acceptors (Lipinski definition) is 5. The summed E-state index contributed by atoms with van der Waals surface area (Å²) >= 11 is 0. The van der Waals surface area contributed by atoms with Gasteiger partial charge in [0, 0.05) is 27.1 Å². The van der Waals surface area contributed by atoms with E-state index >= 15 is 26.3 Å². The van der Waals surface area contributed by atoms with Crippen LogP contribution in [0.15, 0.2) is 152 Å². The lowest BCUT2D eigenvalue weighted by Gasteiger charge is -2.22. The van der Waals surface area contributed by atoms with Gasteiger partial charge in [-0.25, -0.2) is 0 Å². The van der Waals surface area contributed by atoms with Crippen LogP contribution in [0.5, 0.6) is 0 Å². The summed E-state index contributed by atoms with van der Waals surface area (Å²) in [6.07, 6.45) is -10.5. The van der Waals surface area contributed by atoms with Crippen LogP contribution in [0.1, 0.15) is 38.9 Å². The third-order valence-corrected chi connectivity index (χ3v) is 12.2. The van der Waals surface area contributed by atoms with E-state index in [9.17, 15) is 26.3 Å². The van der Waals surface area contributed by atoms with Crippen LogP contribution in [0.2, 0.25) is 0 Å². The lowest BCUT2D eigenvalue weighted by molar-refractivity contribution is -0.142. The van der Waals surface area contributed by atoms with Crippen molar-refractivity contribution in [1.29, 1.82) is 26.3 Å². The molecule has 0 N–H and O–H groups in total. The molecule has 2 aromatic heterocycles. The Labute approximate surface area is 382 Å². The van der Waals surface area contributed by atoms with E-state index < -0.39 is 34.6 Å². The second kappa shape index (κ2) is 15.8. The zero-order valence-electron chi connectivity index (χ0n) is 34.8. The zero-order valence-corrected chi connectivity index (χ0v) is 34.8. The highest BCUT2D eigenvalue weighted by Crippen LogP contribution is 2.48. The Kier molecular flexibility index (Phi) is 9.85. The molecule has 0 spiro atoms. The average molecular weight is 898 g/mol. The Morgan fingerprint density at radius 2 is 0.794 bits per heavy atom. The quantitative estimate of drug-likeness (QED) is 0.159. The van der Waals surface area contributed by atoms with Crippen molar-refractivity contribution in [2.45, 2.75) is 12.4 Å². The third kappa shape index (κ3) is 6.73. The largest absolute Gasteiger partial charge is 0.417 e. The highest BCUT2D eigenvalue weighted by Gasteiger charge is 2.41. The zero-order chi connectivity index (χ0) is 47.6. The van der Waals surface area contributed by atoms with Gasteiger partial charge in [0.05, 0.1) is 91.1 Å². The van der Waals surface area contributed by atoms with Gasteiger partial charge in [0.1, 0.15) is 11.6 Å². The molecule has 0 fully saturated rings. The third-order valence-electron chi connectivity index (χ3n) is 12.2. The Bertz CT molecular complexity index is 3780. The van der Waals surface area contributed by atoms with E-state index in [1.165, 1.54) is 24.3 Å². The van der Waals surface area contributed by atoms with Gasteiger partial charge in [-0.15, -0.1) is 0 Å². The number of rotatable bonds is 5. The van der Waals surface area contributed by atoms with Crippen LogP contribution in [0.25, 0.3) is 88.4 Å². The van der Waals surface area contributed by atoms with Gasteiger partial charge in [-0.1, -0.05) is 66.7 Å². The van der Waals surface area contributed by atoms with Crippen molar-refractivity contribution in [3.63, 3.8) is 0 Å². The molecule has 7 nitrogen and oxygen atoms in total. The molecule has 0 atom stereocenters. The number of para-hydroxylation sites is 2. The minimum absolute atomic E-state index is 0.0149. The molecule has 0 amide bonds. The number of benzene rings is 8. The van der Waals surface area contributed by atoms with Crippen LogP contribution in [-0.4, -0.2) is 9.13 Å². The van der Waals surface area contributed by atoms with Crippen molar-refractivity contribution in [3.8, 4) is 75.1 Å². The summed E-state index contributed by atoms with van der Waals surface area (Å²) in [4.78, 5) is 0. The fourth-order valence-corrected chi connectivity index (χ4v) is 9.28. The summed E-state index contributed by atoms with van der Waals surface area (Å²) in [5, 5.41) is 52.9. The molecule has 0 unspecified atom stereocenters. The van der Waals surface area contributed by atoms with Crippen LogP contribution in [0.3, 0.4) is 0 Å². The van der Waals surface area contributed by atoms with Gasteiger partial charge in [-0.2, -0.15) is 52.7 Å². The lowest BCUT2D eigenvalue weighted by Crippen LogP contribution is -2.15. The Hall–Kier alpha value is -9.61. The summed E-state index contributed by atoms with van der Waals surface area (Å²) in [6, 6.07) is 48.8. The molecule has 0 saturated carbocycles. The monoisotopic (exact) mass is 897 g/mol. The van der Waals surface area contributed by atoms with Crippen LogP contribution < -0.4 is 0 Å². The summed E-state index contributed by atoms with van der Waals surface area (Å²) in [5.41, 5.74) is 0.363. The van der Waals surface area contributed by atoms with Gasteiger partial charge in [-0.3, -0.25) is 0 Å². The second-order valence-corrected chi connectivity index (χ2v) is 15.9. The molecular weight excluding hydrogens is 873 g/mol. The standard InChI is InChI=1S/C55H25F6N7/c56-54(57,58)45-8-5-9-46(55(59,60)61)53(45)35-24-51(67-47-10-3-1-6-40(47)42-22-33(14-18-49(42)67)38-16-12-31(26-62)20-36(38)28-64)44(30-66)52(25-35)68-48-11-4-2-7-41(48)43-23-34(15-19-50(43)68)39-17-13-32(27-63)21-37(39)29-65/h1-25H. The highest BCUT2D eigenvalue weighted by molar-refractivity contribution is 6.12.